The molecule has 2 aliphatic rings. The van der Waals surface area contributed by atoms with Crippen molar-refractivity contribution >= 4 is 5.95 Å². The molecule has 6 nitrogen and oxygen atoms in total. The van der Waals surface area contributed by atoms with E-state index >= 15 is 0 Å². The van der Waals surface area contributed by atoms with Crippen LogP contribution in [0.4, 0.5) is 5.95 Å². The summed E-state index contributed by atoms with van der Waals surface area (Å²) in [5, 5.41) is 0. The molecule has 0 unspecified atom stereocenters. The first-order valence-electron chi connectivity index (χ1n) is 9.50. The van der Waals surface area contributed by atoms with Crippen LogP contribution in [0, 0.1) is 5.41 Å². The van der Waals surface area contributed by atoms with Crippen molar-refractivity contribution < 1.29 is 4.74 Å². The quantitative estimate of drug-likeness (QED) is 0.842. The van der Waals surface area contributed by atoms with Gasteiger partial charge in [0.1, 0.15) is 0 Å². The first-order valence-corrected chi connectivity index (χ1v) is 9.50. The number of anilines is 1. The van der Waals surface area contributed by atoms with Crippen molar-refractivity contribution in [2.75, 3.05) is 38.2 Å². The zero-order chi connectivity index (χ0) is 17.8. The first-order chi connectivity index (χ1) is 12.8. The maximum atomic E-state index is 5.40. The lowest BCUT2D eigenvalue weighted by Gasteiger charge is -2.47. The van der Waals surface area contributed by atoms with Crippen LogP contribution in [0.5, 0.6) is 5.88 Å². The van der Waals surface area contributed by atoms with E-state index in [1.165, 1.54) is 31.2 Å². The highest BCUT2D eigenvalue weighted by Crippen LogP contribution is 2.40. The summed E-state index contributed by atoms with van der Waals surface area (Å²) in [6.07, 6.45) is 10.5. The molecule has 4 heterocycles. The van der Waals surface area contributed by atoms with E-state index in [4.69, 9.17) is 4.74 Å². The van der Waals surface area contributed by atoms with E-state index in [9.17, 15) is 0 Å². The summed E-state index contributed by atoms with van der Waals surface area (Å²) < 4.78 is 5.40. The summed E-state index contributed by atoms with van der Waals surface area (Å²) in [5.74, 6) is 1.63. The molecule has 0 radical (unpaired) electrons. The predicted molar refractivity (Wildman–Crippen MR) is 101 cm³/mol. The maximum absolute atomic E-state index is 5.40. The first kappa shape index (κ1) is 17.2. The molecule has 2 aliphatic heterocycles. The Kier molecular flexibility index (Phi) is 5.02. The normalized spacial score (nSPS) is 20.3. The highest BCUT2D eigenvalue weighted by molar-refractivity contribution is 5.30. The molecule has 4 rings (SSSR count). The second-order valence-corrected chi connectivity index (χ2v) is 7.52. The van der Waals surface area contributed by atoms with Crippen molar-refractivity contribution in [2.45, 2.75) is 32.2 Å². The SMILES string of the molecule is COc1ncccc1CN1CCC2(CCCN(c3ncccn3)C2)CC1. The molecule has 2 aromatic rings. The van der Waals surface area contributed by atoms with Gasteiger partial charge >= 0.3 is 0 Å². The Balaban J connectivity index is 1.38. The second-order valence-electron chi connectivity index (χ2n) is 7.52. The maximum Gasteiger partial charge on any atom is 0.225 e. The molecule has 0 aromatic carbocycles. The van der Waals surface area contributed by atoms with Crippen LogP contribution in [-0.2, 0) is 6.54 Å². The molecule has 1 spiro atoms. The highest BCUT2D eigenvalue weighted by atomic mass is 16.5. The Morgan fingerprint density at radius 1 is 1.00 bits per heavy atom. The van der Waals surface area contributed by atoms with Crippen LogP contribution in [0.25, 0.3) is 0 Å². The Morgan fingerprint density at radius 3 is 2.54 bits per heavy atom. The molecule has 2 saturated heterocycles. The van der Waals surface area contributed by atoms with Gasteiger partial charge in [-0.1, -0.05) is 6.07 Å². The van der Waals surface area contributed by atoms with Crippen LogP contribution >= 0.6 is 0 Å². The average molecular weight is 353 g/mol. The van der Waals surface area contributed by atoms with Crippen molar-refractivity contribution in [3.05, 3.63) is 42.4 Å². The smallest absolute Gasteiger partial charge is 0.225 e. The fraction of sp³-hybridized carbons (Fsp3) is 0.550. The third-order valence-electron chi connectivity index (χ3n) is 5.85. The van der Waals surface area contributed by atoms with Crippen molar-refractivity contribution in [3.8, 4) is 5.88 Å². The number of aromatic nitrogens is 3. The number of nitrogens with zero attached hydrogens (tertiary/aromatic N) is 5. The Morgan fingerprint density at radius 2 is 1.77 bits per heavy atom. The topological polar surface area (TPSA) is 54.4 Å². The lowest BCUT2D eigenvalue weighted by Crippen LogP contribution is -2.49. The molecule has 2 fully saturated rings. The average Bonchev–Trinajstić information content (AvgIpc) is 2.71. The van der Waals surface area contributed by atoms with E-state index in [1.807, 2.05) is 24.5 Å². The van der Waals surface area contributed by atoms with Crippen LogP contribution in [0.3, 0.4) is 0 Å². The van der Waals surface area contributed by atoms with Gasteiger partial charge in [-0.15, -0.1) is 0 Å². The zero-order valence-electron chi connectivity index (χ0n) is 15.5. The fourth-order valence-corrected chi connectivity index (χ4v) is 4.40. The number of methoxy groups -OCH3 is 1. The van der Waals surface area contributed by atoms with Gasteiger partial charge in [-0.25, -0.2) is 15.0 Å². The molecule has 0 bridgehead atoms. The number of likely N-dealkylation sites (tertiary alicyclic amines) is 1. The Labute approximate surface area is 155 Å². The summed E-state index contributed by atoms with van der Waals surface area (Å²) in [4.78, 5) is 18.1. The number of hydrogen-bond acceptors (Lipinski definition) is 6. The van der Waals surface area contributed by atoms with E-state index in [1.54, 1.807) is 13.3 Å². The minimum atomic E-state index is 0.410. The summed E-state index contributed by atoms with van der Waals surface area (Å²) in [6.45, 7) is 5.32. The van der Waals surface area contributed by atoms with Gasteiger partial charge in [0, 0.05) is 43.8 Å². The molecule has 0 saturated carbocycles. The molecule has 0 aliphatic carbocycles. The Bertz CT molecular complexity index is 715. The van der Waals surface area contributed by atoms with Gasteiger partial charge in [-0.2, -0.15) is 0 Å². The predicted octanol–water partition coefficient (Wildman–Crippen LogP) is 2.76. The molecule has 138 valence electrons. The molecule has 26 heavy (non-hydrogen) atoms. The van der Waals surface area contributed by atoms with Gasteiger partial charge in [0.2, 0.25) is 11.8 Å². The molecular weight excluding hydrogens is 326 g/mol. The van der Waals surface area contributed by atoms with Crippen molar-refractivity contribution in [1.29, 1.82) is 0 Å². The van der Waals surface area contributed by atoms with E-state index < -0.39 is 0 Å². The number of ether oxygens (including phenoxy) is 1. The molecule has 0 atom stereocenters. The Hall–Kier alpha value is -2.21. The summed E-state index contributed by atoms with van der Waals surface area (Å²) in [6, 6.07) is 5.99. The third kappa shape index (κ3) is 3.65. The lowest BCUT2D eigenvalue weighted by atomic mass is 9.72. The minimum Gasteiger partial charge on any atom is -0.481 e. The van der Waals surface area contributed by atoms with E-state index in [-0.39, 0.29) is 0 Å². The van der Waals surface area contributed by atoms with Crippen LogP contribution in [0.1, 0.15) is 31.2 Å². The molecule has 6 heteroatoms. The van der Waals surface area contributed by atoms with E-state index in [0.29, 0.717) is 5.41 Å². The van der Waals surface area contributed by atoms with Gasteiger partial charge in [-0.05, 0) is 56.3 Å². The summed E-state index contributed by atoms with van der Waals surface area (Å²) in [5.41, 5.74) is 1.58. The van der Waals surface area contributed by atoms with Gasteiger partial charge in [0.25, 0.3) is 0 Å². The van der Waals surface area contributed by atoms with Gasteiger partial charge in [0.15, 0.2) is 0 Å². The lowest BCUT2D eigenvalue weighted by molar-refractivity contribution is 0.0827. The standard InChI is InChI=1S/C20H27N5O/c1-26-18-17(5-2-9-21-18)15-24-13-7-20(8-14-24)6-3-12-25(16-20)19-22-10-4-11-23-19/h2,4-5,9-11H,3,6-8,12-16H2,1H3. The number of rotatable bonds is 4. The van der Waals surface area contributed by atoms with Crippen LogP contribution < -0.4 is 9.64 Å². The van der Waals surface area contributed by atoms with Gasteiger partial charge in [-0.3, -0.25) is 4.90 Å². The molecule has 0 N–H and O–H groups in total. The summed E-state index contributed by atoms with van der Waals surface area (Å²) >= 11 is 0. The fourth-order valence-electron chi connectivity index (χ4n) is 4.40. The largest absolute Gasteiger partial charge is 0.481 e. The van der Waals surface area contributed by atoms with E-state index in [2.05, 4.69) is 30.8 Å². The van der Waals surface area contributed by atoms with Crippen molar-refractivity contribution in [2.24, 2.45) is 5.41 Å². The number of pyridine rings is 1. The van der Waals surface area contributed by atoms with Crippen molar-refractivity contribution in [1.82, 2.24) is 19.9 Å². The molecule has 0 amide bonds. The molecular formula is C20H27N5O. The van der Waals surface area contributed by atoms with Gasteiger partial charge < -0.3 is 9.64 Å². The minimum absolute atomic E-state index is 0.410. The van der Waals surface area contributed by atoms with E-state index in [0.717, 1.165) is 44.6 Å². The zero-order valence-corrected chi connectivity index (χ0v) is 15.5. The number of piperidine rings is 2. The van der Waals surface area contributed by atoms with Gasteiger partial charge in [0.05, 0.1) is 7.11 Å². The summed E-state index contributed by atoms with van der Waals surface area (Å²) in [7, 11) is 1.69. The monoisotopic (exact) mass is 353 g/mol. The third-order valence-corrected chi connectivity index (χ3v) is 5.85. The second kappa shape index (κ2) is 7.58. The van der Waals surface area contributed by atoms with Crippen LogP contribution in [-0.4, -0.2) is 53.1 Å². The highest BCUT2D eigenvalue weighted by Gasteiger charge is 2.39. The van der Waals surface area contributed by atoms with Crippen LogP contribution in [0.2, 0.25) is 0 Å². The van der Waals surface area contributed by atoms with Crippen molar-refractivity contribution in [3.63, 3.8) is 0 Å². The number of hydrogen-bond donors (Lipinski definition) is 0. The molecule has 2 aromatic heterocycles. The van der Waals surface area contributed by atoms with Crippen LogP contribution in [0.15, 0.2) is 36.8 Å².